The number of quaternary nitrogens is 1. The second-order valence-corrected chi connectivity index (χ2v) is 2.18. The molecule has 0 amide bonds. The second-order valence-electron chi connectivity index (χ2n) is 2.18. The van der Waals surface area contributed by atoms with Crippen molar-refractivity contribution in [1.29, 1.82) is 0 Å². The molecule has 8 heavy (non-hydrogen) atoms. The maximum absolute atomic E-state index is 10.7. The molecular formula is C5H12N2O. The van der Waals surface area contributed by atoms with Gasteiger partial charge in [-0.25, -0.2) is 0 Å². The van der Waals surface area contributed by atoms with Gasteiger partial charge in [-0.3, -0.25) is 0 Å². The van der Waals surface area contributed by atoms with Crippen molar-refractivity contribution in [3.8, 4) is 0 Å². The molecular weight excluding hydrogens is 104 g/mol. The Hall–Kier alpha value is -0.540. The second kappa shape index (κ2) is 2.69. The van der Waals surface area contributed by atoms with Gasteiger partial charge in [0.2, 0.25) is 0 Å². The Labute approximate surface area is 49.6 Å². The van der Waals surface area contributed by atoms with E-state index in [1.54, 1.807) is 20.2 Å². The van der Waals surface area contributed by atoms with E-state index in [1.165, 1.54) is 6.20 Å². The van der Waals surface area contributed by atoms with E-state index in [0.717, 1.165) is 0 Å². The van der Waals surface area contributed by atoms with Crippen LogP contribution in [0.3, 0.4) is 0 Å². The van der Waals surface area contributed by atoms with Gasteiger partial charge in [0.15, 0.2) is 0 Å². The lowest BCUT2D eigenvalue weighted by Gasteiger charge is -2.32. The average Bonchev–Trinajstić information content (AvgIpc) is 1.59. The van der Waals surface area contributed by atoms with Crippen molar-refractivity contribution in [3.05, 3.63) is 17.5 Å². The largest absolute Gasteiger partial charge is 0.633 e. The predicted octanol–water partition coefficient (Wildman–Crippen LogP) is 0.0330. The summed E-state index contributed by atoms with van der Waals surface area (Å²) < 4.78 is -0.312. The van der Waals surface area contributed by atoms with Crippen molar-refractivity contribution in [3.63, 3.8) is 0 Å². The van der Waals surface area contributed by atoms with Crippen LogP contribution in [-0.4, -0.2) is 25.3 Å². The summed E-state index contributed by atoms with van der Waals surface area (Å²) in [6, 6.07) is 0. The summed E-state index contributed by atoms with van der Waals surface area (Å²) >= 11 is 0. The maximum Gasteiger partial charge on any atom is 0.0983 e. The third-order valence-electron chi connectivity index (χ3n) is 0.681. The number of likely N-dealkylation sites (N-methyl/N-ethyl adjacent to an activating group) is 1. The molecule has 2 N–H and O–H groups in total. The maximum atomic E-state index is 10.7. The molecule has 0 spiro atoms. The zero-order chi connectivity index (χ0) is 6.62. The number of hydrogen-bond donors (Lipinski definition) is 1. The molecule has 0 aliphatic rings. The lowest BCUT2D eigenvalue weighted by molar-refractivity contribution is -0.833. The lowest BCUT2D eigenvalue weighted by atomic mass is 10.5. The van der Waals surface area contributed by atoms with Gasteiger partial charge in [-0.1, -0.05) is 0 Å². The summed E-state index contributed by atoms with van der Waals surface area (Å²) in [5.74, 6) is 0. The third-order valence-corrected chi connectivity index (χ3v) is 0.681. The molecule has 0 heterocycles. The number of hydrogen-bond acceptors (Lipinski definition) is 2. The highest BCUT2D eigenvalue weighted by Crippen LogP contribution is 1.89. The van der Waals surface area contributed by atoms with Gasteiger partial charge >= 0.3 is 0 Å². The summed E-state index contributed by atoms with van der Waals surface area (Å²) in [6.45, 7) is 0.441. The molecule has 0 aromatic rings. The normalized spacial score (nSPS) is 12.9. The van der Waals surface area contributed by atoms with Gasteiger partial charge in [0.25, 0.3) is 0 Å². The lowest BCUT2D eigenvalue weighted by Crippen LogP contribution is -2.32. The van der Waals surface area contributed by atoms with Crippen LogP contribution in [-0.2, 0) is 0 Å². The van der Waals surface area contributed by atoms with Crippen LogP contribution in [0.15, 0.2) is 12.3 Å². The van der Waals surface area contributed by atoms with E-state index in [1.807, 2.05) is 0 Å². The molecule has 0 radical (unpaired) electrons. The summed E-state index contributed by atoms with van der Waals surface area (Å²) in [7, 11) is 3.14. The van der Waals surface area contributed by atoms with Gasteiger partial charge in [0.1, 0.15) is 0 Å². The Morgan fingerprint density at radius 3 is 2.25 bits per heavy atom. The molecule has 0 aromatic heterocycles. The summed E-state index contributed by atoms with van der Waals surface area (Å²) in [6.07, 6.45) is 3.03. The van der Waals surface area contributed by atoms with Crippen molar-refractivity contribution in [2.24, 2.45) is 5.73 Å². The average molecular weight is 116 g/mol. The van der Waals surface area contributed by atoms with Gasteiger partial charge in [-0.05, 0) is 12.3 Å². The molecule has 0 saturated heterocycles. The minimum atomic E-state index is -0.312. The number of nitrogens with zero attached hydrogens (tertiary/aromatic N) is 1. The van der Waals surface area contributed by atoms with Crippen molar-refractivity contribution >= 4 is 0 Å². The van der Waals surface area contributed by atoms with Crippen LogP contribution < -0.4 is 5.73 Å². The molecule has 3 heteroatoms. The molecule has 0 aromatic carbocycles. The van der Waals surface area contributed by atoms with Crippen molar-refractivity contribution < 1.29 is 4.65 Å². The predicted molar refractivity (Wildman–Crippen MR) is 33.7 cm³/mol. The fourth-order valence-corrected chi connectivity index (χ4v) is 0.315. The monoisotopic (exact) mass is 116 g/mol. The number of hydroxylamine groups is 3. The first-order valence-electron chi connectivity index (χ1n) is 2.47. The molecule has 0 bridgehead atoms. The van der Waals surface area contributed by atoms with E-state index in [2.05, 4.69) is 0 Å². The molecule has 0 unspecified atom stereocenters. The van der Waals surface area contributed by atoms with Gasteiger partial charge in [-0.15, -0.1) is 0 Å². The van der Waals surface area contributed by atoms with Crippen molar-refractivity contribution in [2.45, 2.75) is 0 Å². The van der Waals surface area contributed by atoms with Gasteiger partial charge in [0.05, 0.1) is 20.6 Å². The van der Waals surface area contributed by atoms with E-state index in [-0.39, 0.29) is 4.65 Å². The van der Waals surface area contributed by atoms with Crippen molar-refractivity contribution in [2.75, 3.05) is 20.6 Å². The van der Waals surface area contributed by atoms with E-state index < -0.39 is 0 Å². The topological polar surface area (TPSA) is 49.1 Å². The number of rotatable bonds is 2. The van der Waals surface area contributed by atoms with Crippen molar-refractivity contribution in [1.82, 2.24) is 0 Å². The minimum Gasteiger partial charge on any atom is -0.633 e. The quantitative estimate of drug-likeness (QED) is 0.409. The van der Waals surface area contributed by atoms with Crippen LogP contribution in [0.5, 0.6) is 0 Å². The fraction of sp³-hybridized carbons (Fsp3) is 0.600. The Balaban J connectivity index is 3.39. The van der Waals surface area contributed by atoms with E-state index in [4.69, 9.17) is 5.73 Å². The third kappa shape index (κ3) is 5.46. The first-order chi connectivity index (χ1) is 3.56. The summed E-state index contributed by atoms with van der Waals surface area (Å²) in [5.41, 5.74) is 5.01. The van der Waals surface area contributed by atoms with E-state index in [0.29, 0.717) is 6.54 Å². The van der Waals surface area contributed by atoms with Crippen LogP contribution in [0, 0.1) is 5.21 Å². The standard InChI is InChI=1S/C5H12N2O/c1-7(2,8)5-3-4-6/h3-4H,5-6H2,1-2H3. The molecule has 0 aliphatic heterocycles. The molecule has 0 saturated carbocycles. The van der Waals surface area contributed by atoms with Gasteiger partial charge < -0.3 is 15.6 Å². The molecule has 3 nitrogen and oxygen atoms in total. The van der Waals surface area contributed by atoms with Crippen LogP contribution in [0.2, 0.25) is 0 Å². The highest BCUT2D eigenvalue weighted by Gasteiger charge is 1.93. The smallest absolute Gasteiger partial charge is 0.0983 e. The first-order valence-corrected chi connectivity index (χ1v) is 2.47. The van der Waals surface area contributed by atoms with Crippen LogP contribution in [0.1, 0.15) is 0 Å². The highest BCUT2D eigenvalue weighted by molar-refractivity contribution is 4.74. The molecule has 48 valence electrons. The molecule has 0 aliphatic carbocycles. The Bertz CT molecular complexity index is 82.9. The fourth-order valence-electron chi connectivity index (χ4n) is 0.315. The SMILES string of the molecule is C[N+](C)([O-])CC=CN. The molecule has 0 rings (SSSR count). The minimum absolute atomic E-state index is 0.312. The van der Waals surface area contributed by atoms with E-state index in [9.17, 15) is 5.21 Å². The van der Waals surface area contributed by atoms with Crippen LogP contribution >= 0.6 is 0 Å². The van der Waals surface area contributed by atoms with Gasteiger partial charge in [0, 0.05) is 0 Å². The number of nitrogens with two attached hydrogens (primary N) is 1. The zero-order valence-electron chi connectivity index (χ0n) is 5.29. The van der Waals surface area contributed by atoms with Crippen LogP contribution in [0.25, 0.3) is 0 Å². The zero-order valence-corrected chi connectivity index (χ0v) is 5.29. The highest BCUT2D eigenvalue weighted by atomic mass is 16.5. The summed E-state index contributed by atoms with van der Waals surface area (Å²) in [4.78, 5) is 0. The Morgan fingerprint density at radius 1 is 1.62 bits per heavy atom. The first kappa shape index (κ1) is 7.46. The van der Waals surface area contributed by atoms with Gasteiger partial charge in [-0.2, -0.15) is 0 Å². The Morgan fingerprint density at radius 2 is 2.12 bits per heavy atom. The molecule has 0 atom stereocenters. The molecule has 0 fully saturated rings. The van der Waals surface area contributed by atoms with E-state index >= 15 is 0 Å². The Kier molecular flexibility index (Phi) is 2.51. The summed E-state index contributed by atoms with van der Waals surface area (Å²) in [5, 5.41) is 10.7. The van der Waals surface area contributed by atoms with Crippen LogP contribution in [0.4, 0.5) is 0 Å².